The van der Waals surface area contributed by atoms with E-state index in [-0.39, 0.29) is 18.2 Å². The third kappa shape index (κ3) is 6.90. The molecule has 35 heavy (non-hydrogen) atoms. The van der Waals surface area contributed by atoms with Gasteiger partial charge in [0.15, 0.2) is 5.78 Å². The molecule has 0 bridgehead atoms. The van der Waals surface area contributed by atoms with Crippen molar-refractivity contribution < 1.29 is 9.53 Å². The van der Waals surface area contributed by atoms with Gasteiger partial charge in [-0.3, -0.25) is 15.6 Å². The van der Waals surface area contributed by atoms with Crippen LogP contribution in [0.2, 0.25) is 0 Å². The highest BCUT2D eigenvalue weighted by molar-refractivity contribution is 5.99. The predicted octanol–water partition coefficient (Wildman–Crippen LogP) is 3.18. The molecule has 8 nitrogen and oxygen atoms in total. The van der Waals surface area contributed by atoms with Crippen molar-refractivity contribution in [2.45, 2.75) is 20.3 Å². The van der Waals surface area contributed by atoms with E-state index in [0.29, 0.717) is 25.7 Å². The lowest BCUT2D eigenvalue weighted by atomic mass is 10.0. The lowest BCUT2D eigenvalue weighted by Gasteiger charge is -2.32. The Kier molecular flexibility index (Phi) is 9.81. The van der Waals surface area contributed by atoms with E-state index in [1.54, 1.807) is 7.11 Å². The van der Waals surface area contributed by atoms with Gasteiger partial charge in [-0.05, 0) is 43.5 Å². The van der Waals surface area contributed by atoms with E-state index in [9.17, 15) is 4.79 Å². The summed E-state index contributed by atoms with van der Waals surface area (Å²) in [6.07, 6.45) is 2.23. The van der Waals surface area contributed by atoms with Gasteiger partial charge in [0.2, 0.25) is 0 Å². The van der Waals surface area contributed by atoms with Crippen LogP contribution in [0.5, 0.6) is 0 Å². The van der Waals surface area contributed by atoms with Crippen LogP contribution in [0.4, 0.5) is 5.69 Å². The minimum atomic E-state index is -0.0507. The van der Waals surface area contributed by atoms with E-state index < -0.39 is 0 Å². The molecule has 8 heteroatoms. The number of hydrogen-bond acceptors (Lipinski definition) is 8. The summed E-state index contributed by atoms with van der Waals surface area (Å²) in [6, 6.07) is 13.2. The summed E-state index contributed by atoms with van der Waals surface area (Å²) < 4.78 is 5.52. The summed E-state index contributed by atoms with van der Waals surface area (Å²) >= 11 is 0. The minimum Gasteiger partial charge on any atom is -0.467 e. The number of ether oxygens (including phenoxy) is 1. The van der Waals surface area contributed by atoms with Crippen LogP contribution in [0.15, 0.2) is 59.0 Å². The molecule has 1 heterocycles. The molecular formula is C27H38N6O2. The summed E-state index contributed by atoms with van der Waals surface area (Å²) in [5, 5.41) is 2.52. The average Bonchev–Trinajstić information content (AvgIpc) is 2.87. The molecule has 0 spiro atoms. The highest BCUT2D eigenvalue weighted by atomic mass is 16.5. The van der Waals surface area contributed by atoms with Gasteiger partial charge in [-0.2, -0.15) is 4.99 Å². The highest BCUT2D eigenvalue weighted by Gasteiger charge is 2.23. The second kappa shape index (κ2) is 13.0. The minimum absolute atomic E-state index is 0.0507. The van der Waals surface area contributed by atoms with Crippen molar-refractivity contribution in [2.24, 2.45) is 15.9 Å². The van der Waals surface area contributed by atoms with E-state index in [2.05, 4.69) is 77.6 Å². The van der Waals surface area contributed by atoms with Gasteiger partial charge in [0.05, 0.1) is 20.2 Å². The maximum atomic E-state index is 12.3. The second-order valence-corrected chi connectivity index (χ2v) is 8.73. The third-order valence-electron chi connectivity index (χ3n) is 6.30. The fraction of sp³-hybridized carbons (Fsp3) is 0.444. The summed E-state index contributed by atoms with van der Waals surface area (Å²) in [5.41, 5.74) is 8.51. The monoisotopic (exact) mass is 478 g/mol. The zero-order valence-electron chi connectivity index (χ0n) is 21.4. The maximum absolute atomic E-state index is 12.3. The molecule has 0 amide bonds. The molecule has 2 N–H and O–H groups in total. The van der Waals surface area contributed by atoms with Crippen LogP contribution in [-0.4, -0.2) is 76.0 Å². The van der Waals surface area contributed by atoms with Gasteiger partial charge in [0, 0.05) is 43.2 Å². The molecule has 2 aromatic carbocycles. The van der Waals surface area contributed by atoms with E-state index in [1.807, 2.05) is 11.9 Å². The summed E-state index contributed by atoms with van der Waals surface area (Å²) in [6.45, 7) is 11.6. The molecule has 0 fully saturated rings. The Labute approximate surface area is 208 Å². The number of methoxy groups -OCH3 is 1. The number of nitrogens with zero attached hydrogens (tertiary/aromatic N) is 4. The van der Waals surface area contributed by atoms with Gasteiger partial charge in [-0.25, -0.2) is 4.99 Å². The van der Waals surface area contributed by atoms with Crippen LogP contribution in [0, 0.1) is 12.8 Å². The van der Waals surface area contributed by atoms with Gasteiger partial charge in [0.1, 0.15) is 5.84 Å². The molecule has 3 rings (SSSR count). The Morgan fingerprint density at radius 2 is 2.06 bits per heavy atom. The van der Waals surface area contributed by atoms with Crippen molar-refractivity contribution in [2.75, 3.05) is 58.3 Å². The first-order valence-electron chi connectivity index (χ1n) is 12.2. The first kappa shape index (κ1) is 26.4. The summed E-state index contributed by atoms with van der Waals surface area (Å²) in [7, 11) is 3.41. The molecule has 0 aliphatic carbocycles. The SMILES string of the molecule is C=CC(=O)CN(CCNNC)C1=NC(OC)=NCCN(c2cccc3cccc(C)c23)CCC1C. The standard InChI is InChI=1S/C27H38N6O2/c1-6-23(34)19-33(18-15-30-28-4)26-21(3)13-16-32(17-14-29-27(31-26)35-5)24-12-8-11-22-10-7-9-20(2)25(22)24/h6-12,21,28,30H,1,13-19H2,2-5H3. The number of carbonyl (C=O) groups excluding carboxylic acids is 1. The molecule has 1 unspecified atom stereocenters. The first-order valence-corrected chi connectivity index (χ1v) is 12.2. The number of fused-ring (bicyclic) bond motifs is 1. The van der Waals surface area contributed by atoms with Crippen LogP contribution in [-0.2, 0) is 9.53 Å². The zero-order valence-corrected chi connectivity index (χ0v) is 21.4. The largest absolute Gasteiger partial charge is 0.467 e. The number of benzene rings is 2. The molecule has 1 aliphatic rings. The van der Waals surface area contributed by atoms with Crippen LogP contribution in [0.25, 0.3) is 10.8 Å². The smallest absolute Gasteiger partial charge is 0.313 e. The molecule has 1 atom stereocenters. The normalized spacial score (nSPS) is 16.9. The van der Waals surface area contributed by atoms with E-state index in [1.165, 1.54) is 28.1 Å². The number of carbonyl (C=O) groups is 1. The summed E-state index contributed by atoms with van der Waals surface area (Å²) in [5.74, 6) is 0.832. The molecule has 2 aromatic rings. The second-order valence-electron chi connectivity index (χ2n) is 8.73. The lowest BCUT2D eigenvalue weighted by molar-refractivity contribution is -0.115. The van der Waals surface area contributed by atoms with Gasteiger partial charge in [-0.1, -0.05) is 43.8 Å². The average molecular weight is 479 g/mol. The fourth-order valence-electron chi connectivity index (χ4n) is 4.45. The van der Waals surface area contributed by atoms with E-state index in [0.717, 1.165) is 25.3 Å². The topological polar surface area (TPSA) is 81.6 Å². The number of aliphatic imine (C=N–C) groups is 2. The number of anilines is 1. The van der Waals surface area contributed by atoms with Crippen LogP contribution >= 0.6 is 0 Å². The number of nitrogens with one attached hydrogen (secondary N) is 2. The van der Waals surface area contributed by atoms with Crippen molar-refractivity contribution >= 4 is 34.1 Å². The lowest BCUT2D eigenvalue weighted by Crippen LogP contribution is -2.45. The molecule has 0 saturated heterocycles. The molecule has 0 aromatic heterocycles. The van der Waals surface area contributed by atoms with E-state index >= 15 is 0 Å². The van der Waals surface area contributed by atoms with Crippen molar-refractivity contribution in [1.29, 1.82) is 0 Å². The van der Waals surface area contributed by atoms with E-state index in [4.69, 9.17) is 9.73 Å². The molecule has 0 radical (unpaired) electrons. The number of amidine groups is 2. The fourth-order valence-corrected chi connectivity index (χ4v) is 4.45. The maximum Gasteiger partial charge on any atom is 0.313 e. The quantitative estimate of drug-likeness (QED) is 0.345. The van der Waals surface area contributed by atoms with Gasteiger partial charge in [0.25, 0.3) is 0 Å². The highest BCUT2D eigenvalue weighted by Crippen LogP contribution is 2.30. The van der Waals surface area contributed by atoms with Crippen molar-refractivity contribution in [3.63, 3.8) is 0 Å². The van der Waals surface area contributed by atoms with Crippen LogP contribution < -0.4 is 15.8 Å². The van der Waals surface area contributed by atoms with Gasteiger partial charge in [-0.15, -0.1) is 0 Å². The van der Waals surface area contributed by atoms with Crippen molar-refractivity contribution in [3.05, 3.63) is 54.6 Å². The number of aryl methyl sites for hydroxylation is 1. The number of rotatable bonds is 8. The number of hydrazine groups is 1. The molecule has 188 valence electrons. The van der Waals surface area contributed by atoms with Crippen molar-refractivity contribution in [1.82, 2.24) is 15.8 Å². The Bertz CT molecular complexity index is 1080. The Hall–Kier alpha value is -3.23. The molecule has 1 aliphatic heterocycles. The van der Waals surface area contributed by atoms with Gasteiger partial charge < -0.3 is 14.5 Å². The number of hydrogen-bond donors (Lipinski definition) is 2. The molecule has 0 saturated carbocycles. The Balaban J connectivity index is 1.94. The Morgan fingerprint density at radius 1 is 1.29 bits per heavy atom. The first-order chi connectivity index (χ1) is 17.0. The summed E-state index contributed by atoms with van der Waals surface area (Å²) in [4.78, 5) is 26.1. The van der Waals surface area contributed by atoms with Crippen molar-refractivity contribution in [3.8, 4) is 0 Å². The van der Waals surface area contributed by atoms with Gasteiger partial charge >= 0.3 is 6.02 Å². The zero-order chi connectivity index (χ0) is 25.2. The Morgan fingerprint density at radius 3 is 2.77 bits per heavy atom. The van der Waals surface area contributed by atoms with Crippen LogP contribution in [0.1, 0.15) is 18.9 Å². The predicted molar refractivity (Wildman–Crippen MR) is 145 cm³/mol. The number of ketones is 1. The van der Waals surface area contributed by atoms with Crippen LogP contribution in [0.3, 0.4) is 0 Å². The molecular weight excluding hydrogens is 440 g/mol. The third-order valence-corrected chi connectivity index (χ3v) is 6.30.